The van der Waals surface area contributed by atoms with E-state index in [-0.39, 0.29) is 35.1 Å². The molecule has 0 aliphatic heterocycles. The van der Waals surface area contributed by atoms with Crippen molar-refractivity contribution < 1.29 is 32.6 Å². The zero-order valence-electron chi connectivity index (χ0n) is 20.1. The summed E-state index contributed by atoms with van der Waals surface area (Å²) >= 11 is 6.15. The third-order valence-electron chi connectivity index (χ3n) is 5.29. The molecule has 0 spiro atoms. The van der Waals surface area contributed by atoms with Gasteiger partial charge in [-0.05, 0) is 67.6 Å². The predicted molar refractivity (Wildman–Crippen MR) is 140 cm³/mol. The average molecular weight is 538 g/mol. The first-order valence-electron chi connectivity index (χ1n) is 11.5. The number of alkyl halides is 2. The molecule has 0 heterocycles. The highest BCUT2D eigenvalue weighted by Crippen LogP contribution is 2.34. The fraction of sp³-hybridized carbons (Fsp3) is 0.103. The second-order valence-corrected chi connectivity index (χ2v) is 8.33. The summed E-state index contributed by atoms with van der Waals surface area (Å²) in [5.74, 6) is -0.113. The minimum Gasteiger partial charge on any atom is -0.490 e. The summed E-state index contributed by atoms with van der Waals surface area (Å²) in [4.78, 5) is 25.6. The number of ketones is 1. The number of hydrogen-bond donors (Lipinski definition) is 1. The third kappa shape index (κ3) is 6.66. The van der Waals surface area contributed by atoms with Gasteiger partial charge in [0.25, 0.3) is 5.91 Å². The molecule has 0 saturated heterocycles. The van der Waals surface area contributed by atoms with E-state index >= 15 is 0 Å². The molecule has 0 unspecified atom stereocenters. The van der Waals surface area contributed by atoms with Crippen LogP contribution >= 0.6 is 11.6 Å². The van der Waals surface area contributed by atoms with Gasteiger partial charge in [-0.1, -0.05) is 41.9 Å². The first-order chi connectivity index (χ1) is 18.3. The van der Waals surface area contributed by atoms with E-state index in [2.05, 4.69) is 10.1 Å². The van der Waals surface area contributed by atoms with Crippen molar-refractivity contribution >= 4 is 29.0 Å². The molecule has 0 radical (unpaired) electrons. The lowest BCUT2D eigenvalue weighted by atomic mass is 10.0. The summed E-state index contributed by atoms with van der Waals surface area (Å²) in [6, 6.07) is 24.1. The van der Waals surface area contributed by atoms with E-state index in [0.717, 1.165) is 0 Å². The smallest absolute Gasteiger partial charge is 0.387 e. The summed E-state index contributed by atoms with van der Waals surface area (Å²) in [7, 11) is 0. The lowest BCUT2D eigenvalue weighted by Gasteiger charge is -2.15. The van der Waals surface area contributed by atoms with Crippen molar-refractivity contribution in [2.45, 2.75) is 13.5 Å². The van der Waals surface area contributed by atoms with Crippen molar-refractivity contribution in [3.63, 3.8) is 0 Å². The van der Waals surface area contributed by atoms with Crippen LogP contribution in [0.2, 0.25) is 5.02 Å². The predicted octanol–water partition coefficient (Wildman–Crippen LogP) is 7.62. The normalized spacial score (nSPS) is 10.7. The van der Waals surface area contributed by atoms with Crippen LogP contribution in [-0.2, 0) is 0 Å². The Kier molecular flexibility index (Phi) is 8.55. The summed E-state index contributed by atoms with van der Waals surface area (Å²) in [6.45, 7) is -1.17. The van der Waals surface area contributed by atoms with Crippen LogP contribution in [0.25, 0.3) is 0 Å². The summed E-state index contributed by atoms with van der Waals surface area (Å²) in [5, 5.41) is 3.08. The zero-order chi connectivity index (χ0) is 27.1. The van der Waals surface area contributed by atoms with Crippen LogP contribution < -0.4 is 19.5 Å². The van der Waals surface area contributed by atoms with Crippen molar-refractivity contribution in [1.82, 2.24) is 0 Å². The van der Waals surface area contributed by atoms with Gasteiger partial charge in [0, 0.05) is 21.7 Å². The number of benzene rings is 4. The first kappa shape index (κ1) is 26.6. The van der Waals surface area contributed by atoms with Gasteiger partial charge in [0.1, 0.15) is 5.75 Å². The van der Waals surface area contributed by atoms with Crippen LogP contribution in [0.15, 0.2) is 91.0 Å². The lowest BCUT2D eigenvalue weighted by Crippen LogP contribution is -2.13. The van der Waals surface area contributed by atoms with Crippen LogP contribution in [0, 0.1) is 0 Å². The van der Waals surface area contributed by atoms with E-state index in [9.17, 15) is 18.4 Å². The molecule has 1 N–H and O–H groups in total. The molecule has 0 aromatic heterocycles. The maximum Gasteiger partial charge on any atom is 0.387 e. The fourth-order valence-corrected chi connectivity index (χ4v) is 3.72. The van der Waals surface area contributed by atoms with Gasteiger partial charge >= 0.3 is 6.61 Å². The van der Waals surface area contributed by atoms with Gasteiger partial charge in [0.2, 0.25) is 0 Å². The Hall–Kier alpha value is -4.43. The van der Waals surface area contributed by atoms with Crippen molar-refractivity contribution in [3.8, 4) is 23.0 Å². The van der Waals surface area contributed by atoms with Crippen molar-refractivity contribution in [2.24, 2.45) is 0 Å². The molecule has 4 aromatic rings. The molecule has 9 heteroatoms. The number of carbonyl (C=O) groups excluding carboxylic acids is 2. The molecule has 0 aliphatic rings. The minimum absolute atomic E-state index is 0.00755. The Balaban J connectivity index is 1.52. The second kappa shape index (κ2) is 12.2. The van der Waals surface area contributed by atoms with Crippen LogP contribution in [-0.4, -0.2) is 24.9 Å². The Morgan fingerprint density at radius 2 is 1.47 bits per heavy atom. The van der Waals surface area contributed by atoms with Gasteiger partial charge in [-0.2, -0.15) is 8.78 Å². The quantitative estimate of drug-likeness (QED) is 0.211. The molecule has 0 saturated carbocycles. The molecule has 0 aliphatic carbocycles. The first-order valence-corrected chi connectivity index (χ1v) is 11.9. The summed E-state index contributed by atoms with van der Waals surface area (Å²) < 4.78 is 41.1. The standard InChI is InChI=1S/C29H22ClF2NO5/c1-2-36-26-16-20(10-14-25(26)38-29(31)32)28(35)33-23-17-21(30)11-15-24(23)37-22-12-8-19(9-13-22)27(34)18-6-4-3-5-7-18/h3-17,29H,2H2,1H3,(H,33,35). The van der Waals surface area contributed by atoms with E-state index < -0.39 is 12.5 Å². The average Bonchev–Trinajstić information content (AvgIpc) is 2.91. The summed E-state index contributed by atoms with van der Waals surface area (Å²) in [6.07, 6.45) is 0. The molecular weight excluding hydrogens is 516 g/mol. The monoisotopic (exact) mass is 537 g/mol. The Morgan fingerprint density at radius 3 is 2.16 bits per heavy atom. The Labute approximate surface area is 222 Å². The van der Waals surface area contributed by atoms with Gasteiger partial charge in [0.05, 0.1) is 12.3 Å². The van der Waals surface area contributed by atoms with Gasteiger partial charge in [0.15, 0.2) is 23.0 Å². The van der Waals surface area contributed by atoms with Crippen molar-refractivity contribution in [1.29, 1.82) is 0 Å². The van der Waals surface area contributed by atoms with E-state index in [0.29, 0.717) is 27.6 Å². The Bertz CT molecular complexity index is 1430. The number of anilines is 1. The molecule has 4 aromatic carbocycles. The van der Waals surface area contributed by atoms with Crippen molar-refractivity contribution in [3.05, 3.63) is 113 Å². The number of nitrogens with one attached hydrogen (secondary N) is 1. The molecule has 0 bridgehead atoms. The molecule has 1 amide bonds. The maximum absolute atomic E-state index is 13.0. The molecule has 6 nitrogen and oxygen atoms in total. The molecule has 0 atom stereocenters. The van der Waals surface area contributed by atoms with Crippen LogP contribution in [0.5, 0.6) is 23.0 Å². The van der Waals surface area contributed by atoms with Gasteiger partial charge < -0.3 is 19.5 Å². The molecule has 0 fully saturated rings. The number of rotatable bonds is 10. The number of amides is 1. The van der Waals surface area contributed by atoms with E-state index in [4.69, 9.17) is 21.1 Å². The molecular formula is C29H22ClF2NO5. The molecule has 194 valence electrons. The minimum atomic E-state index is -3.04. The van der Waals surface area contributed by atoms with Crippen LogP contribution in [0.1, 0.15) is 33.2 Å². The van der Waals surface area contributed by atoms with E-state index in [1.807, 2.05) is 6.07 Å². The SMILES string of the molecule is CCOc1cc(C(=O)Nc2cc(Cl)ccc2Oc2ccc(C(=O)c3ccccc3)cc2)ccc1OC(F)F. The van der Waals surface area contributed by atoms with E-state index in [1.165, 1.54) is 24.3 Å². The van der Waals surface area contributed by atoms with Gasteiger partial charge in [-0.25, -0.2) is 0 Å². The van der Waals surface area contributed by atoms with Crippen LogP contribution in [0.4, 0.5) is 14.5 Å². The maximum atomic E-state index is 13.0. The number of halogens is 3. The van der Waals surface area contributed by atoms with E-state index in [1.54, 1.807) is 67.6 Å². The molecule has 4 rings (SSSR count). The second-order valence-electron chi connectivity index (χ2n) is 7.89. The number of ether oxygens (including phenoxy) is 3. The highest BCUT2D eigenvalue weighted by molar-refractivity contribution is 6.31. The van der Waals surface area contributed by atoms with Crippen LogP contribution in [0.3, 0.4) is 0 Å². The number of carbonyl (C=O) groups is 2. The summed E-state index contributed by atoms with van der Waals surface area (Å²) in [5.41, 5.74) is 1.49. The highest BCUT2D eigenvalue weighted by Gasteiger charge is 2.17. The largest absolute Gasteiger partial charge is 0.490 e. The third-order valence-corrected chi connectivity index (χ3v) is 5.53. The van der Waals surface area contributed by atoms with Gasteiger partial charge in [-0.3, -0.25) is 9.59 Å². The van der Waals surface area contributed by atoms with Gasteiger partial charge in [-0.15, -0.1) is 0 Å². The zero-order valence-corrected chi connectivity index (χ0v) is 20.9. The molecule has 38 heavy (non-hydrogen) atoms. The lowest BCUT2D eigenvalue weighted by molar-refractivity contribution is -0.0514. The van der Waals surface area contributed by atoms with Crippen molar-refractivity contribution in [2.75, 3.05) is 11.9 Å². The Morgan fingerprint density at radius 1 is 0.816 bits per heavy atom. The highest BCUT2D eigenvalue weighted by atomic mass is 35.5. The fourth-order valence-electron chi connectivity index (χ4n) is 3.55. The number of hydrogen-bond acceptors (Lipinski definition) is 5. The topological polar surface area (TPSA) is 73.9 Å².